The summed E-state index contributed by atoms with van der Waals surface area (Å²) in [4.78, 5) is 11.9. The van der Waals surface area contributed by atoms with E-state index in [9.17, 15) is 4.79 Å². The van der Waals surface area contributed by atoms with E-state index in [1.165, 1.54) is 0 Å². The number of carbonyl (C=O) groups excluding carboxylic acids is 1. The van der Waals surface area contributed by atoms with Crippen LogP contribution in [0.4, 0.5) is 0 Å². The maximum Gasteiger partial charge on any atom is 0.224 e. The Morgan fingerprint density at radius 2 is 1.81 bits per heavy atom. The van der Waals surface area contributed by atoms with Crippen molar-refractivity contribution in [3.8, 4) is 0 Å². The van der Waals surface area contributed by atoms with Crippen molar-refractivity contribution in [2.24, 2.45) is 16.7 Å². The molecule has 0 bridgehead atoms. The topological polar surface area (TPSA) is 38.3 Å². The van der Waals surface area contributed by atoms with E-state index in [1.807, 2.05) is 0 Å². The van der Waals surface area contributed by atoms with Gasteiger partial charge in [0.15, 0.2) is 0 Å². The van der Waals surface area contributed by atoms with Crippen LogP contribution in [0.15, 0.2) is 0 Å². The molecule has 16 heavy (non-hydrogen) atoms. The van der Waals surface area contributed by atoms with Gasteiger partial charge >= 0.3 is 0 Å². The summed E-state index contributed by atoms with van der Waals surface area (Å²) in [6.07, 6.45) is 0. The van der Waals surface area contributed by atoms with Gasteiger partial charge in [-0.25, -0.2) is 0 Å². The standard InChI is InChI=1S/C12H22ClNO2/c1-11(2)9(12(11,3)4)10(15)14-6-8-16-7-5-13/h9H,5-8H2,1-4H3,(H,14,15). The van der Waals surface area contributed by atoms with Crippen molar-refractivity contribution >= 4 is 17.5 Å². The number of hydrogen-bond donors (Lipinski definition) is 1. The monoisotopic (exact) mass is 247 g/mol. The number of amides is 1. The SMILES string of the molecule is CC1(C)C(C(=O)NCCOCCCl)C1(C)C. The molecule has 94 valence electrons. The van der Waals surface area contributed by atoms with E-state index >= 15 is 0 Å². The summed E-state index contributed by atoms with van der Waals surface area (Å²) in [5.41, 5.74) is 0.210. The first-order chi connectivity index (χ1) is 7.35. The second kappa shape index (κ2) is 4.92. The Labute approximate surface area is 103 Å². The van der Waals surface area contributed by atoms with Gasteiger partial charge in [-0.2, -0.15) is 0 Å². The Hall–Kier alpha value is -0.280. The maximum atomic E-state index is 11.9. The zero-order valence-electron chi connectivity index (χ0n) is 10.6. The molecule has 1 aliphatic rings. The smallest absolute Gasteiger partial charge is 0.224 e. The zero-order chi connectivity index (χ0) is 12.4. The summed E-state index contributed by atoms with van der Waals surface area (Å²) in [5.74, 6) is 0.758. The summed E-state index contributed by atoms with van der Waals surface area (Å²) in [7, 11) is 0. The number of carbonyl (C=O) groups is 1. The van der Waals surface area contributed by atoms with Gasteiger partial charge in [-0.1, -0.05) is 27.7 Å². The lowest BCUT2D eigenvalue weighted by atomic mass is 10.0. The molecule has 1 saturated carbocycles. The summed E-state index contributed by atoms with van der Waals surface area (Å²) in [5, 5.41) is 2.91. The Kier molecular flexibility index (Phi) is 4.24. The number of nitrogens with one attached hydrogen (secondary N) is 1. The number of alkyl halides is 1. The van der Waals surface area contributed by atoms with Crippen molar-refractivity contribution in [1.82, 2.24) is 5.32 Å². The fraction of sp³-hybridized carbons (Fsp3) is 0.917. The van der Waals surface area contributed by atoms with E-state index in [1.54, 1.807) is 0 Å². The molecular formula is C12H22ClNO2. The third kappa shape index (κ3) is 2.51. The van der Waals surface area contributed by atoms with E-state index < -0.39 is 0 Å². The van der Waals surface area contributed by atoms with Crippen molar-refractivity contribution in [2.75, 3.05) is 25.6 Å². The van der Waals surface area contributed by atoms with Gasteiger partial charge in [-0.15, -0.1) is 11.6 Å². The number of halogens is 1. The Morgan fingerprint density at radius 3 is 2.25 bits per heavy atom. The molecule has 0 unspecified atom stereocenters. The third-order valence-corrected chi connectivity index (χ3v) is 4.20. The van der Waals surface area contributed by atoms with E-state index in [0.717, 1.165) is 0 Å². The fourth-order valence-electron chi connectivity index (χ4n) is 2.36. The van der Waals surface area contributed by atoms with E-state index in [2.05, 4.69) is 33.0 Å². The van der Waals surface area contributed by atoms with Gasteiger partial charge in [-0.3, -0.25) is 4.79 Å². The average Bonchev–Trinajstić information content (AvgIpc) is 2.57. The average molecular weight is 248 g/mol. The molecule has 0 radical (unpaired) electrons. The molecule has 3 nitrogen and oxygen atoms in total. The van der Waals surface area contributed by atoms with Crippen molar-refractivity contribution in [3.63, 3.8) is 0 Å². The lowest BCUT2D eigenvalue weighted by Crippen LogP contribution is -2.30. The molecule has 0 aromatic carbocycles. The van der Waals surface area contributed by atoms with Crippen molar-refractivity contribution in [1.29, 1.82) is 0 Å². The summed E-state index contributed by atoms with van der Waals surface area (Å²) >= 11 is 5.47. The molecule has 0 heterocycles. The minimum absolute atomic E-state index is 0.105. The first kappa shape index (κ1) is 13.8. The predicted octanol–water partition coefficient (Wildman–Crippen LogP) is 2.04. The van der Waals surface area contributed by atoms with Crippen LogP contribution in [0.25, 0.3) is 0 Å². The lowest BCUT2D eigenvalue weighted by Gasteiger charge is -2.06. The Morgan fingerprint density at radius 1 is 1.25 bits per heavy atom. The number of hydrogen-bond acceptors (Lipinski definition) is 2. The minimum atomic E-state index is 0.105. The molecule has 1 rings (SSSR count). The van der Waals surface area contributed by atoms with Crippen LogP contribution in [0.3, 0.4) is 0 Å². The largest absolute Gasteiger partial charge is 0.378 e. The maximum absolute atomic E-state index is 11.9. The minimum Gasteiger partial charge on any atom is -0.378 e. The van der Waals surface area contributed by atoms with E-state index in [-0.39, 0.29) is 22.7 Å². The van der Waals surface area contributed by atoms with Crippen molar-refractivity contribution in [3.05, 3.63) is 0 Å². The fourth-order valence-corrected chi connectivity index (χ4v) is 2.47. The first-order valence-corrected chi connectivity index (χ1v) is 6.30. The van der Waals surface area contributed by atoms with Crippen LogP contribution >= 0.6 is 11.6 Å². The zero-order valence-corrected chi connectivity index (χ0v) is 11.4. The quantitative estimate of drug-likeness (QED) is 0.576. The molecule has 0 spiro atoms. The van der Waals surface area contributed by atoms with Crippen LogP contribution in [0.1, 0.15) is 27.7 Å². The molecule has 1 fully saturated rings. The molecule has 1 aliphatic carbocycles. The van der Waals surface area contributed by atoms with E-state index in [4.69, 9.17) is 16.3 Å². The molecule has 1 amide bonds. The highest BCUT2D eigenvalue weighted by atomic mass is 35.5. The van der Waals surface area contributed by atoms with Crippen LogP contribution < -0.4 is 5.32 Å². The summed E-state index contributed by atoms with van der Waals surface area (Å²) in [6.45, 7) is 10.2. The molecule has 0 aromatic heterocycles. The van der Waals surface area contributed by atoms with Gasteiger partial charge in [0, 0.05) is 18.3 Å². The van der Waals surface area contributed by atoms with Crippen molar-refractivity contribution < 1.29 is 9.53 Å². The van der Waals surface area contributed by atoms with Gasteiger partial charge < -0.3 is 10.1 Å². The molecular weight excluding hydrogens is 226 g/mol. The van der Waals surface area contributed by atoms with Gasteiger partial charge in [-0.05, 0) is 10.8 Å². The molecule has 1 N–H and O–H groups in total. The highest BCUT2D eigenvalue weighted by molar-refractivity contribution is 6.17. The summed E-state index contributed by atoms with van der Waals surface area (Å²) < 4.78 is 5.19. The van der Waals surface area contributed by atoms with Gasteiger partial charge in [0.2, 0.25) is 5.91 Å². The Bertz CT molecular complexity index is 250. The van der Waals surface area contributed by atoms with Crippen LogP contribution in [-0.2, 0) is 9.53 Å². The number of rotatable bonds is 6. The predicted molar refractivity (Wildman–Crippen MR) is 65.6 cm³/mol. The van der Waals surface area contributed by atoms with Crippen LogP contribution in [-0.4, -0.2) is 31.5 Å². The second-order valence-corrected chi connectivity index (χ2v) is 5.85. The van der Waals surface area contributed by atoms with Gasteiger partial charge in [0.1, 0.15) is 0 Å². The van der Waals surface area contributed by atoms with Crippen LogP contribution in [0, 0.1) is 16.7 Å². The molecule has 0 aliphatic heterocycles. The number of ether oxygens (including phenoxy) is 1. The molecule has 0 saturated heterocycles. The normalized spacial score (nSPS) is 21.8. The molecule has 4 heteroatoms. The highest BCUT2D eigenvalue weighted by Crippen LogP contribution is 2.68. The van der Waals surface area contributed by atoms with Crippen LogP contribution in [0.2, 0.25) is 0 Å². The molecule has 0 aromatic rings. The second-order valence-electron chi connectivity index (χ2n) is 5.47. The van der Waals surface area contributed by atoms with Crippen LogP contribution in [0.5, 0.6) is 0 Å². The first-order valence-electron chi connectivity index (χ1n) is 5.77. The van der Waals surface area contributed by atoms with E-state index in [0.29, 0.717) is 25.6 Å². The highest BCUT2D eigenvalue weighted by Gasteiger charge is 2.68. The van der Waals surface area contributed by atoms with Gasteiger partial charge in [0.25, 0.3) is 0 Å². The Balaban J connectivity index is 2.23. The summed E-state index contributed by atoms with van der Waals surface area (Å²) in [6, 6.07) is 0. The molecule has 0 atom stereocenters. The van der Waals surface area contributed by atoms with Crippen molar-refractivity contribution in [2.45, 2.75) is 27.7 Å². The lowest BCUT2D eigenvalue weighted by molar-refractivity contribution is -0.123. The van der Waals surface area contributed by atoms with Gasteiger partial charge in [0.05, 0.1) is 13.2 Å². The third-order valence-electron chi connectivity index (χ3n) is 4.05.